The first-order valence-electron chi connectivity index (χ1n) is 11.4. The number of nitrogens with zero attached hydrogens (tertiary/aromatic N) is 2. The van der Waals surface area contributed by atoms with E-state index in [0.717, 1.165) is 28.1 Å². The Hall–Kier alpha value is -4.46. The standard InChI is InChI=1S/C28H24FN3O4/c1-14-10-19(16(3)30-23-7-5-6-21(29)24(23)28(34)35)27-20(11-14)25(33)15(2)26(36-27)17-8-9-22-18(12-17)13-32(4)31-22/h5-13,16,30H,1-4H3,(H,34,35). The molecule has 3 aromatic carbocycles. The van der Waals surface area contributed by atoms with Gasteiger partial charge in [-0.25, -0.2) is 9.18 Å². The molecule has 7 nitrogen and oxygen atoms in total. The first-order valence-corrected chi connectivity index (χ1v) is 11.4. The van der Waals surface area contributed by atoms with Crippen molar-refractivity contribution in [1.29, 1.82) is 0 Å². The number of hydrogen-bond donors (Lipinski definition) is 2. The summed E-state index contributed by atoms with van der Waals surface area (Å²) in [5.41, 5.74) is 3.52. The Bertz CT molecular complexity index is 1740. The summed E-state index contributed by atoms with van der Waals surface area (Å²) in [7, 11) is 1.85. The fourth-order valence-electron chi connectivity index (χ4n) is 4.63. The Morgan fingerprint density at radius 1 is 1.17 bits per heavy atom. The van der Waals surface area contributed by atoms with Crippen LogP contribution in [0.4, 0.5) is 10.1 Å². The van der Waals surface area contributed by atoms with Gasteiger partial charge >= 0.3 is 5.97 Å². The average Bonchev–Trinajstić information content (AvgIpc) is 3.20. The summed E-state index contributed by atoms with van der Waals surface area (Å²) in [4.78, 5) is 25.1. The molecule has 1 atom stereocenters. The number of halogens is 1. The molecule has 0 bridgehead atoms. The molecule has 0 radical (unpaired) electrons. The molecule has 0 spiro atoms. The van der Waals surface area contributed by atoms with Crippen LogP contribution in [0.25, 0.3) is 33.2 Å². The number of fused-ring (bicyclic) bond motifs is 2. The van der Waals surface area contributed by atoms with Crippen LogP contribution in [0.5, 0.6) is 0 Å². The third-order valence-corrected chi connectivity index (χ3v) is 6.34. The molecule has 2 N–H and O–H groups in total. The van der Waals surface area contributed by atoms with E-state index in [1.807, 2.05) is 51.4 Å². The molecule has 0 amide bonds. The van der Waals surface area contributed by atoms with Crippen LogP contribution in [0, 0.1) is 19.7 Å². The maximum Gasteiger partial charge on any atom is 0.340 e. The molecule has 0 fully saturated rings. The fourth-order valence-corrected chi connectivity index (χ4v) is 4.63. The molecular formula is C28H24FN3O4. The predicted octanol–water partition coefficient (Wildman–Crippen LogP) is 5.97. The number of aromatic nitrogens is 2. The summed E-state index contributed by atoms with van der Waals surface area (Å²) in [6.45, 7) is 5.43. The summed E-state index contributed by atoms with van der Waals surface area (Å²) < 4.78 is 22.4. The van der Waals surface area contributed by atoms with E-state index in [2.05, 4.69) is 10.4 Å². The maximum absolute atomic E-state index is 14.2. The van der Waals surface area contributed by atoms with Crippen LogP contribution >= 0.6 is 0 Å². The zero-order chi connectivity index (χ0) is 25.7. The van der Waals surface area contributed by atoms with Gasteiger partial charge in [0.25, 0.3) is 0 Å². The number of nitrogens with one attached hydrogen (secondary N) is 1. The summed E-state index contributed by atoms with van der Waals surface area (Å²) in [5.74, 6) is -1.75. The largest absolute Gasteiger partial charge is 0.478 e. The molecule has 0 saturated carbocycles. The Balaban J connectivity index is 1.68. The Kier molecular flexibility index (Phi) is 5.59. The number of carboxylic acid groups (broad SMARTS) is 1. The molecule has 8 heteroatoms. The van der Waals surface area contributed by atoms with Crippen LogP contribution in [0.1, 0.15) is 40.0 Å². The van der Waals surface area contributed by atoms with Crippen LogP contribution in [-0.2, 0) is 7.05 Å². The van der Waals surface area contributed by atoms with Crippen LogP contribution in [0.3, 0.4) is 0 Å². The van der Waals surface area contributed by atoms with Gasteiger partial charge in [0.15, 0.2) is 5.43 Å². The summed E-state index contributed by atoms with van der Waals surface area (Å²) in [6, 6.07) is 12.9. The fraction of sp³-hybridized carbons (Fsp3) is 0.179. The first-order chi connectivity index (χ1) is 17.1. The van der Waals surface area contributed by atoms with Crippen LogP contribution in [0.2, 0.25) is 0 Å². The maximum atomic E-state index is 14.2. The Labute approximate surface area is 205 Å². The predicted molar refractivity (Wildman–Crippen MR) is 137 cm³/mol. The molecule has 5 aromatic rings. The molecule has 2 heterocycles. The van der Waals surface area contributed by atoms with Crippen molar-refractivity contribution in [3.63, 3.8) is 0 Å². The van der Waals surface area contributed by atoms with E-state index in [1.165, 1.54) is 12.1 Å². The minimum atomic E-state index is -1.37. The number of aryl methyl sites for hydroxylation is 2. The topological polar surface area (TPSA) is 97.4 Å². The highest BCUT2D eigenvalue weighted by Gasteiger charge is 2.22. The smallest absolute Gasteiger partial charge is 0.340 e. The number of anilines is 1. The highest BCUT2D eigenvalue weighted by atomic mass is 19.1. The van der Waals surface area contributed by atoms with Gasteiger partial charge in [-0.05, 0) is 62.7 Å². The summed E-state index contributed by atoms with van der Waals surface area (Å²) in [6.07, 6.45) is 1.90. The highest BCUT2D eigenvalue weighted by Crippen LogP contribution is 2.33. The number of rotatable bonds is 5. The molecule has 182 valence electrons. The highest BCUT2D eigenvalue weighted by molar-refractivity contribution is 5.95. The van der Waals surface area contributed by atoms with Gasteiger partial charge in [-0.15, -0.1) is 0 Å². The van der Waals surface area contributed by atoms with Gasteiger partial charge in [0.1, 0.15) is 22.7 Å². The monoisotopic (exact) mass is 485 g/mol. The number of carboxylic acids is 1. The minimum Gasteiger partial charge on any atom is -0.478 e. The van der Waals surface area contributed by atoms with Crippen molar-refractivity contribution in [2.75, 3.05) is 5.32 Å². The third-order valence-electron chi connectivity index (χ3n) is 6.34. The van der Waals surface area contributed by atoms with E-state index in [9.17, 15) is 19.1 Å². The number of hydrogen-bond acceptors (Lipinski definition) is 5. The van der Waals surface area contributed by atoms with Gasteiger partial charge in [-0.1, -0.05) is 12.1 Å². The summed E-state index contributed by atoms with van der Waals surface area (Å²) >= 11 is 0. The lowest BCUT2D eigenvalue weighted by molar-refractivity contribution is 0.0693. The van der Waals surface area contributed by atoms with Gasteiger partial charge in [-0.3, -0.25) is 9.48 Å². The van der Waals surface area contributed by atoms with Crippen LogP contribution in [-0.4, -0.2) is 20.9 Å². The number of benzene rings is 3. The van der Waals surface area contributed by atoms with Gasteiger partial charge < -0.3 is 14.8 Å². The molecule has 2 aromatic heterocycles. The van der Waals surface area contributed by atoms with Gasteiger partial charge in [0.2, 0.25) is 0 Å². The molecule has 0 saturated heterocycles. The van der Waals surface area contributed by atoms with E-state index >= 15 is 0 Å². The molecule has 0 aliphatic heterocycles. The second-order valence-corrected chi connectivity index (χ2v) is 9.03. The summed E-state index contributed by atoms with van der Waals surface area (Å²) in [5, 5.41) is 18.3. The lowest BCUT2D eigenvalue weighted by Crippen LogP contribution is -2.14. The quantitative estimate of drug-likeness (QED) is 0.318. The van der Waals surface area contributed by atoms with Crippen molar-refractivity contribution >= 4 is 33.5 Å². The molecular weight excluding hydrogens is 461 g/mol. The lowest BCUT2D eigenvalue weighted by atomic mass is 9.98. The molecule has 36 heavy (non-hydrogen) atoms. The Morgan fingerprint density at radius 2 is 1.94 bits per heavy atom. The van der Waals surface area contributed by atoms with Crippen molar-refractivity contribution in [3.8, 4) is 11.3 Å². The molecule has 5 rings (SSSR count). The van der Waals surface area contributed by atoms with Crippen LogP contribution < -0.4 is 10.7 Å². The second-order valence-electron chi connectivity index (χ2n) is 9.03. The van der Waals surface area contributed by atoms with Crippen molar-refractivity contribution in [2.45, 2.75) is 26.8 Å². The van der Waals surface area contributed by atoms with Gasteiger partial charge in [0.05, 0.1) is 22.6 Å². The third kappa shape index (κ3) is 3.90. The molecule has 1 unspecified atom stereocenters. The SMILES string of the molecule is Cc1cc(C(C)Nc2cccc(F)c2C(=O)O)c2oc(-c3ccc4nn(C)cc4c3)c(C)c(=O)c2c1. The van der Waals surface area contributed by atoms with E-state index in [1.54, 1.807) is 17.7 Å². The van der Waals surface area contributed by atoms with E-state index in [0.29, 0.717) is 27.9 Å². The number of aromatic carboxylic acids is 1. The van der Waals surface area contributed by atoms with E-state index < -0.39 is 23.4 Å². The molecule has 0 aliphatic carbocycles. The Morgan fingerprint density at radius 3 is 2.69 bits per heavy atom. The zero-order valence-corrected chi connectivity index (χ0v) is 20.2. The minimum absolute atomic E-state index is 0.140. The van der Waals surface area contributed by atoms with Gasteiger partial charge in [-0.2, -0.15) is 5.10 Å². The van der Waals surface area contributed by atoms with Crippen molar-refractivity contribution in [3.05, 3.63) is 93.0 Å². The zero-order valence-electron chi connectivity index (χ0n) is 20.2. The first kappa shape index (κ1) is 23.3. The molecule has 0 aliphatic rings. The van der Waals surface area contributed by atoms with Crippen molar-refractivity contribution < 1.29 is 18.7 Å². The average molecular weight is 486 g/mol. The van der Waals surface area contributed by atoms with E-state index in [4.69, 9.17) is 4.42 Å². The van der Waals surface area contributed by atoms with Crippen LogP contribution in [0.15, 0.2) is 63.9 Å². The second kappa shape index (κ2) is 8.64. The lowest BCUT2D eigenvalue weighted by Gasteiger charge is -2.20. The van der Waals surface area contributed by atoms with Gasteiger partial charge in [0, 0.05) is 35.3 Å². The van der Waals surface area contributed by atoms with Crippen molar-refractivity contribution in [2.24, 2.45) is 7.05 Å². The normalized spacial score (nSPS) is 12.2. The van der Waals surface area contributed by atoms with E-state index in [-0.39, 0.29) is 11.1 Å². The van der Waals surface area contributed by atoms with Crippen molar-refractivity contribution in [1.82, 2.24) is 9.78 Å². The number of carbonyl (C=O) groups is 1.